The molecule has 2 amide bonds. The summed E-state index contributed by atoms with van der Waals surface area (Å²) in [7, 11) is -2.90. The van der Waals surface area contributed by atoms with Gasteiger partial charge in [-0.05, 0) is 43.0 Å². The molecule has 6 nitrogen and oxygen atoms in total. The van der Waals surface area contributed by atoms with Crippen LogP contribution >= 0.6 is 0 Å². The molecule has 0 spiro atoms. The molecule has 1 unspecified atom stereocenters. The van der Waals surface area contributed by atoms with Gasteiger partial charge in [-0.3, -0.25) is 0 Å². The van der Waals surface area contributed by atoms with Crippen LogP contribution in [0.25, 0.3) is 0 Å². The zero-order valence-corrected chi connectivity index (χ0v) is 14.2. The minimum Gasteiger partial charge on any atom is -0.494 e. The lowest BCUT2D eigenvalue weighted by Crippen LogP contribution is -2.33. The van der Waals surface area contributed by atoms with Crippen LogP contribution in [0.3, 0.4) is 0 Å². The molecule has 1 saturated heterocycles. The molecule has 1 atom stereocenters. The summed E-state index contributed by atoms with van der Waals surface area (Å²) in [6, 6.07) is 6.86. The molecule has 23 heavy (non-hydrogen) atoms. The van der Waals surface area contributed by atoms with Crippen molar-refractivity contribution in [3.8, 4) is 5.75 Å². The predicted molar refractivity (Wildman–Crippen MR) is 90.6 cm³/mol. The van der Waals surface area contributed by atoms with Gasteiger partial charge in [-0.25, -0.2) is 13.2 Å². The molecule has 0 saturated carbocycles. The molecular formula is C16H24N2O4S. The minimum atomic E-state index is -2.90. The van der Waals surface area contributed by atoms with Gasteiger partial charge < -0.3 is 15.4 Å². The Morgan fingerprint density at radius 2 is 2.04 bits per heavy atom. The van der Waals surface area contributed by atoms with Crippen molar-refractivity contribution in [2.75, 3.05) is 30.0 Å². The third kappa shape index (κ3) is 6.09. The molecule has 0 aromatic heterocycles. The Balaban J connectivity index is 1.72. The summed E-state index contributed by atoms with van der Waals surface area (Å²) >= 11 is 0. The maximum Gasteiger partial charge on any atom is 0.319 e. The summed E-state index contributed by atoms with van der Waals surface area (Å²) in [6.07, 6.45) is 2.72. The highest BCUT2D eigenvalue weighted by Gasteiger charge is 2.27. The van der Waals surface area contributed by atoms with Crippen LogP contribution in [0.1, 0.15) is 26.2 Å². The van der Waals surface area contributed by atoms with E-state index in [1.807, 2.05) is 12.1 Å². The molecule has 1 fully saturated rings. The lowest BCUT2D eigenvalue weighted by atomic mass is 10.1. The van der Waals surface area contributed by atoms with Crippen LogP contribution in [0, 0.1) is 5.92 Å². The van der Waals surface area contributed by atoms with Gasteiger partial charge in [-0.1, -0.05) is 13.3 Å². The van der Waals surface area contributed by atoms with Gasteiger partial charge in [0.25, 0.3) is 0 Å². The Hall–Kier alpha value is -1.76. The molecule has 0 radical (unpaired) electrons. The molecule has 7 heteroatoms. The van der Waals surface area contributed by atoms with Gasteiger partial charge in [0.05, 0.1) is 18.1 Å². The van der Waals surface area contributed by atoms with Crippen LogP contribution in [0.5, 0.6) is 5.75 Å². The number of amides is 2. The second-order valence-electron chi connectivity index (χ2n) is 5.83. The number of hydrogen-bond donors (Lipinski definition) is 2. The van der Waals surface area contributed by atoms with Crippen molar-refractivity contribution in [3.05, 3.63) is 24.3 Å². The molecule has 128 valence electrons. The fraction of sp³-hybridized carbons (Fsp3) is 0.562. The number of ether oxygens (including phenoxy) is 1. The van der Waals surface area contributed by atoms with E-state index >= 15 is 0 Å². The molecule has 1 heterocycles. The van der Waals surface area contributed by atoms with Gasteiger partial charge in [0, 0.05) is 12.2 Å². The number of carbonyl (C=O) groups excluding carboxylic acids is 1. The number of unbranched alkanes of at least 4 members (excludes halogenated alkanes) is 1. The first-order valence-corrected chi connectivity index (χ1v) is 9.79. The van der Waals surface area contributed by atoms with E-state index in [1.54, 1.807) is 12.1 Å². The molecule has 1 aliphatic heterocycles. The SMILES string of the molecule is CCCCOc1ccc(NC(=O)NCC2CCS(=O)(=O)C2)cc1. The number of rotatable bonds is 7. The Morgan fingerprint density at radius 3 is 2.65 bits per heavy atom. The number of hydrogen-bond acceptors (Lipinski definition) is 4. The molecule has 0 aliphatic carbocycles. The molecule has 1 aromatic rings. The van der Waals surface area contributed by atoms with Crippen LogP contribution in [0.15, 0.2) is 24.3 Å². The second kappa shape index (κ2) is 8.19. The van der Waals surface area contributed by atoms with E-state index in [4.69, 9.17) is 4.74 Å². The Labute approximate surface area is 137 Å². The van der Waals surface area contributed by atoms with E-state index in [9.17, 15) is 13.2 Å². The average Bonchev–Trinajstić information content (AvgIpc) is 2.87. The molecule has 2 rings (SSSR count). The van der Waals surface area contributed by atoms with Crippen LogP contribution in [-0.4, -0.2) is 39.1 Å². The molecular weight excluding hydrogens is 316 g/mol. The van der Waals surface area contributed by atoms with E-state index < -0.39 is 9.84 Å². The first-order valence-electron chi connectivity index (χ1n) is 7.96. The number of sulfone groups is 1. The average molecular weight is 340 g/mol. The van der Waals surface area contributed by atoms with Crippen molar-refractivity contribution in [2.24, 2.45) is 5.92 Å². The fourth-order valence-corrected chi connectivity index (χ4v) is 4.28. The fourth-order valence-electron chi connectivity index (χ4n) is 2.41. The van der Waals surface area contributed by atoms with E-state index in [-0.39, 0.29) is 23.5 Å². The maximum absolute atomic E-state index is 11.8. The summed E-state index contributed by atoms with van der Waals surface area (Å²) in [4.78, 5) is 11.8. The second-order valence-corrected chi connectivity index (χ2v) is 8.06. The quantitative estimate of drug-likeness (QED) is 0.747. The highest BCUT2D eigenvalue weighted by Crippen LogP contribution is 2.18. The molecule has 1 aromatic carbocycles. The number of urea groups is 1. The van der Waals surface area contributed by atoms with E-state index in [0.29, 0.717) is 25.3 Å². The molecule has 1 aliphatic rings. The standard InChI is InChI=1S/C16H24N2O4S/c1-2-3-9-22-15-6-4-14(5-7-15)18-16(19)17-11-13-8-10-23(20,21)12-13/h4-7,13H,2-3,8-12H2,1H3,(H2,17,18,19). The highest BCUT2D eigenvalue weighted by atomic mass is 32.2. The monoisotopic (exact) mass is 340 g/mol. The highest BCUT2D eigenvalue weighted by molar-refractivity contribution is 7.91. The zero-order chi connectivity index (χ0) is 16.7. The summed E-state index contributed by atoms with van der Waals surface area (Å²) in [5.41, 5.74) is 0.671. The van der Waals surface area contributed by atoms with Gasteiger partial charge >= 0.3 is 6.03 Å². The topological polar surface area (TPSA) is 84.5 Å². The smallest absolute Gasteiger partial charge is 0.319 e. The summed E-state index contributed by atoms with van der Waals surface area (Å²) in [5.74, 6) is 1.18. The first-order chi connectivity index (χ1) is 11.0. The summed E-state index contributed by atoms with van der Waals surface area (Å²) < 4.78 is 28.3. The third-order valence-corrected chi connectivity index (χ3v) is 5.59. The van der Waals surface area contributed by atoms with E-state index in [1.165, 1.54) is 0 Å². The summed E-state index contributed by atoms with van der Waals surface area (Å²) in [5, 5.41) is 5.45. The van der Waals surface area contributed by atoms with Gasteiger partial charge in [0.15, 0.2) is 9.84 Å². The van der Waals surface area contributed by atoms with Crippen molar-refractivity contribution in [1.82, 2.24) is 5.32 Å². The van der Waals surface area contributed by atoms with Gasteiger partial charge in [-0.2, -0.15) is 0 Å². The third-order valence-electron chi connectivity index (χ3n) is 3.76. The van der Waals surface area contributed by atoms with E-state index in [0.717, 1.165) is 18.6 Å². The zero-order valence-electron chi connectivity index (χ0n) is 13.4. The largest absolute Gasteiger partial charge is 0.494 e. The van der Waals surface area contributed by atoms with Crippen molar-refractivity contribution in [1.29, 1.82) is 0 Å². The predicted octanol–water partition coefficient (Wildman–Crippen LogP) is 2.42. The normalized spacial score (nSPS) is 19.3. The Kier molecular flexibility index (Phi) is 6.27. The van der Waals surface area contributed by atoms with Crippen LogP contribution in [-0.2, 0) is 9.84 Å². The first kappa shape index (κ1) is 17.6. The van der Waals surface area contributed by atoms with Crippen molar-refractivity contribution >= 4 is 21.6 Å². The minimum absolute atomic E-state index is 0.0140. The van der Waals surface area contributed by atoms with Gasteiger partial charge in [-0.15, -0.1) is 0 Å². The number of carbonyl (C=O) groups is 1. The maximum atomic E-state index is 11.8. The van der Waals surface area contributed by atoms with Gasteiger partial charge in [0.2, 0.25) is 0 Å². The van der Waals surface area contributed by atoms with E-state index in [2.05, 4.69) is 17.6 Å². The van der Waals surface area contributed by atoms with Crippen molar-refractivity contribution in [3.63, 3.8) is 0 Å². The summed E-state index contributed by atoms with van der Waals surface area (Å²) in [6.45, 7) is 3.17. The lowest BCUT2D eigenvalue weighted by molar-refractivity contribution is 0.250. The van der Waals surface area contributed by atoms with Crippen molar-refractivity contribution in [2.45, 2.75) is 26.2 Å². The number of nitrogens with one attached hydrogen (secondary N) is 2. The Bertz CT molecular complexity index is 613. The Morgan fingerprint density at radius 1 is 1.30 bits per heavy atom. The lowest BCUT2D eigenvalue weighted by Gasteiger charge is -2.11. The van der Waals surface area contributed by atoms with Crippen LogP contribution < -0.4 is 15.4 Å². The number of benzene rings is 1. The molecule has 2 N–H and O–H groups in total. The van der Waals surface area contributed by atoms with Crippen LogP contribution in [0.4, 0.5) is 10.5 Å². The van der Waals surface area contributed by atoms with Gasteiger partial charge in [0.1, 0.15) is 5.75 Å². The molecule has 0 bridgehead atoms. The van der Waals surface area contributed by atoms with Crippen molar-refractivity contribution < 1.29 is 17.9 Å². The number of anilines is 1. The van der Waals surface area contributed by atoms with Crippen LogP contribution in [0.2, 0.25) is 0 Å².